The summed E-state index contributed by atoms with van der Waals surface area (Å²) in [4.78, 5) is 10.7. The van der Waals surface area contributed by atoms with Crippen molar-refractivity contribution in [3.8, 4) is 0 Å². The van der Waals surface area contributed by atoms with Crippen molar-refractivity contribution >= 4 is 5.97 Å². The number of nitrogens with one attached hydrogen (secondary N) is 1. The predicted molar refractivity (Wildman–Crippen MR) is 68.0 cm³/mol. The molecule has 0 spiro atoms. The molecule has 2 atom stereocenters. The molecule has 0 aliphatic heterocycles. The Morgan fingerprint density at radius 2 is 2.42 bits per heavy atom. The predicted octanol–water partition coefficient (Wildman–Crippen LogP) is 0.379. The molecule has 1 saturated carbocycles. The molecule has 1 heterocycles. The number of carboxylic acids is 1. The SMILES string of the molecule is COC1CC(NCCn2cc(C(=O)O)nn2)C1(C)C. The molecule has 19 heavy (non-hydrogen) atoms. The second-order valence-electron chi connectivity index (χ2n) is 5.46. The summed E-state index contributed by atoms with van der Waals surface area (Å²) in [7, 11) is 1.74. The highest BCUT2D eigenvalue weighted by Crippen LogP contribution is 2.42. The summed E-state index contributed by atoms with van der Waals surface area (Å²) in [6.07, 6.45) is 2.74. The maximum Gasteiger partial charge on any atom is 0.358 e. The lowest BCUT2D eigenvalue weighted by Crippen LogP contribution is -2.61. The van der Waals surface area contributed by atoms with E-state index in [9.17, 15) is 4.79 Å². The molecular weight excluding hydrogens is 248 g/mol. The number of nitrogens with zero attached hydrogens (tertiary/aromatic N) is 3. The largest absolute Gasteiger partial charge is 0.476 e. The summed E-state index contributed by atoms with van der Waals surface area (Å²) in [5, 5.41) is 19.5. The third-order valence-electron chi connectivity index (χ3n) is 3.95. The van der Waals surface area contributed by atoms with Crippen molar-refractivity contribution < 1.29 is 14.6 Å². The number of hydrogen-bond donors (Lipinski definition) is 2. The molecule has 1 fully saturated rings. The molecule has 0 aromatic carbocycles. The lowest BCUT2D eigenvalue weighted by molar-refractivity contribution is -0.0974. The van der Waals surface area contributed by atoms with Gasteiger partial charge in [0.05, 0.1) is 18.8 Å². The molecule has 7 nitrogen and oxygen atoms in total. The Morgan fingerprint density at radius 3 is 2.95 bits per heavy atom. The normalized spacial score (nSPS) is 25.0. The number of rotatable bonds is 6. The summed E-state index contributed by atoms with van der Waals surface area (Å²) in [5.41, 5.74) is 0.104. The Morgan fingerprint density at radius 1 is 1.68 bits per heavy atom. The highest BCUT2D eigenvalue weighted by atomic mass is 16.5. The van der Waals surface area contributed by atoms with Gasteiger partial charge in [-0.2, -0.15) is 0 Å². The highest BCUT2D eigenvalue weighted by molar-refractivity contribution is 5.84. The molecule has 1 aromatic heterocycles. The van der Waals surface area contributed by atoms with Crippen LogP contribution in [0.1, 0.15) is 30.8 Å². The van der Waals surface area contributed by atoms with Crippen molar-refractivity contribution in [1.29, 1.82) is 0 Å². The Balaban J connectivity index is 1.77. The van der Waals surface area contributed by atoms with Gasteiger partial charge in [0.1, 0.15) is 0 Å². The zero-order valence-electron chi connectivity index (χ0n) is 11.5. The summed E-state index contributed by atoms with van der Waals surface area (Å²) < 4.78 is 6.93. The van der Waals surface area contributed by atoms with Crippen LogP contribution in [0.2, 0.25) is 0 Å². The molecule has 2 rings (SSSR count). The number of aromatic nitrogens is 3. The van der Waals surface area contributed by atoms with Crippen LogP contribution < -0.4 is 5.32 Å². The van der Waals surface area contributed by atoms with E-state index < -0.39 is 5.97 Å². The highest BCUT2D eigenvalue weighted by Gasteiger charge is 2.47. The second-order valence-corrected chi connectivity index (χ2v) is 5.46. The van der Waals surface area contributed by atoms with Crippen molar-refractivity contribution in [2.45, 2.75) is 39.0 Å². The minimum absolute atomic E-state index is 0.0246. The average Bonchev–Trinajstić information content (AvgIpc) is 2.81. The van der Waals surface area contributed by atoms with Crippen LogP contribution in [0.3, 0.4) is 0 Å². The van der Waals surface area contributed by atoms with Gasteiger partial charge >= 0.3 is 5.97 Å². The van der Waals surface area contributed by atoms with E-state index in [-0.39, 0.29) is 11.1 Å². The first-order chi connectivity index (χ1) is 8.95. The van der Waals surface area contributed by atoms with Crippen LogP contribution >= 0.6 is 0 Å². The van der Waals surface area contributed by atoms with Crippen LogP contribution in [0, 0.1) is 5.41 Å². The van der Waals surface area contributed by atoms with Crippen molar-refractivity contribution in [2.24, 2.45) is 5.41 Å². The quantitative estimate of drug-likeness (QED) is 0.775. The number of methoxy groups -OCH3 is 1. The lowest BCUT2D eigenvalue weighted by atomic mass is 9.64. The van der Waals surface area contributed by atoms with E-state index in [0.29, 0.717) is 18.7 Å². The molecule has 1 aliphatic rings. The van der Waals surface area contributed by atoms with Crippen LogP contribution in [0.25, 0.3) is 0 Å². The van der Waals surface area contributed by atoms with E-state index in [0.717, 1.165) is 13.0 Å². The van der Waals surface area contributed by atoms with Gasteiger partial charge in [-0.3, -0.25) is 4.68 Å². The first kappa shape index (κ1) is 14.0. The molecular formula is C12H20N4O3. The van der Waals surface area contributed by atoms with E-state index in [2.05, 4.69) is 29.5 Å². The van der Waals surface area contributed by atoms with E-state index in [4.69, 9.17) is 9.84 Å². The van der Waals surface area contributed by atoms with Gasteiger partial charge in [0.15, 0.2) is 5.69 Å². The van der Waals surface area contributed by atoms with E-state index >= 15 is 0 Å². The molecule has 1 aromatic rings. The third kappa shape index (κ3) is 2.76. The monoisotopic (exact) mass is 268 g/mol. The van der Waals surface area contributed by atoms with Gasteiger partial charge in [-0.05, 0) is 6.42 Å². The molecule has 0 saturated heterocycles. The van der Waals surface area contributed by atoms with Crippen LogP contribution in [0.15, 0.2) is 6.20 Å². The molecule has 1 aliphatic carbocycles. The van der Waals surface area contributed by atoms with Gasteiger partial charge in [0, 0.05) is 25.1 Å². The van der Waals surface area contributed by atoms with E-state index in [1.54, 1.807) is 7.11 Å². The van der Waals surface area contributed by atoms with Gasteiger partial charge in [0.2, 0.25) is 0 Å². The first-order valence-corrected chi connectivity index (χ1v) is 6.34. The number of ether oxygens (including phenoxy) is 1. The summed E-state index contributed by atoms with van der Waals surface area (Å²) >= 11 is 0. The van der Waals surface area contributed by atoms with Crippen LogP contribution in [0.4, 0.5) is 0 Å². The minimum atomic E-state index is -1.05. The number of carboxylic acid groups (broad SMARTS) is 1. The fourth-order valence-corrected chi connectivity index (χ4v) is 2.49. The Hall–Kier alpha value is -1.47. The van der Waals surface area contributed by atoms with Crippen LogP contribution in [-0.4, -0.2) is 51.9 Å². The molecule has 0 bridgehead atoms. The fraction of sp³-hybridized carbons (Fsp3) is 0.750. The van der Waals surface area contributed by atoms with Gasteiger partial charge < -0.3 is 15.2 Å². The Labute approximate surface area is 111 Å². The van der Waals surface area contributed by atoms with Crippen molar-refractivity contribution in [3.05, 3.63) is 11.9 Å². The smallest absolute Gasteiger partial charge is 0.358 e. The minimum Gasteiger partial charge on any atom is -0.476 e. The second kappa shape index (κ2) is 5.26. The van der Waals surface area contributed by atoms with Crippen LogP contribution in [-0.2, 0) is 11.3 Å². The Kier molecular flexibility index (Phi) is 3.86. The summed E-state index contributed by atoms with van der Waals surface area (Å²) in [5.74, 6) is -1.05. The van der Waals surface area contributed by atoms with Crippen molar-refractivity contribution in [2.75, 3.05) is 13.7 Å². The fourth-order valence-electron chi connectivity index (χ4n) is 2.49. The van der Waals surface area contributed by atoms with Crippen molar-refractivity contribution in [1.82, 2.24) is 20.3 Å². The van der Waals surface area contributed by atoms with E-state index in [1.165, 1.54) is 10.9 Å². The Bertz CT molecular complexity index is 458. The summed E-state index contributed by atoms with van der Waals surface area (Å²) in [6.45, 7) is 5.69. The number of carbonyl (C=O) groups is 1. The standard InChI is InChI=1S/C12H20N4O3/c1-12(2)9(6-10(12)19-3)13-4-5-16-7-8(11(17)18)14-15-16/h7,9-10,13H,4-6H2,1-3H3,(H,17,18). The zero-order valence-corrected chi connectivity index (χ0v) is 11.5. The van der Waals surface area contributed by atoms with Crippen molar-refractivity contribution in [3.63, 3.8) is 0 Å². The molecule has 0 amide bonds. The molecule has 0 radical (unpaired) electrons. The average molecular weight is 268 g/mol. The van der Waals surface area contributed by atoms with Gasteiger partial charge in [0.25, 0.3) is 0 Å². The molecule has 7 heteroatoms. The molecule has 106 valence electrons. The van der Waals surface area contributed by atoms with E-state index in [1.807, 2.05) is 0 Å². The van der Waals surface area contributed by atoms with Gasteiger partial charge in [-0.25, -0.2) is 4.79 Å². The maximum atomic E-state index is 10.7. The number of aromatic carboxylic acids is 1. The summed E-state index contributed by atoms with van der Waals surface area (Å²) in [6, 6.07) is 0.417. The molecule has 2 unspecified atom stereocenters. The third-order valence-corrected chi connectivity index (χ3v) is 3.95. The zero-order chi connectivity index (χ0) is 14.0. The number of hydrogen-bond acceptors (Lipinski definition) is 5. The maximum absolute atomic E-state index is 10.7. The first-order valence-electron chi connectivity index (χ1n) is 6.34. The topological polar surface area (TPSA) is 89.3 Å². The van der Waals surface area contributed by atoms with Gasteiger partial charge in [-0.15, -0.1) is 5.10 Å². The van der Waals surface area contributed by atoms with Crippen LogP contribution in [0.5, 0.6) is 0 Å². The van der Waals surface area contributed by atoms with Gasteiger partial charge in [-0.1, -0.05) is 19.1 Å². The molecule has 2 N–H and O–H groups in total. The lowest BCUT2D eigenvalue weighted by Gasteiger charge is -2.51.